The van der Waals surface area contributed by atoms with Gasteiger partial charge in [-0.3, -0.25) is 9.59 Å². The Bertz CT molecular complexity index is 1120. The number of thioether (sulfide) groups is 1. The molecule has 3 fully saturated rings. The van der Waals surface area contributed by atoms with Gasteiger partial charge in [0.25, 0.3) is 5.91 Å². The maximum atomic E-state index is 13.5. The van der Waals surface area contributed by atoms with E-state index in [9.17, 15) is 9.59 Å². The molecule has 2 saturated heterocycles. The molecule has 1 saturated carbocycles. The van der Waals surface area contributed by atoms with Gasteiger partial charge in [0.1, 0.15) is 6.54 Å². The van der Waals surface area contributed by atoms with Gasteiger partial charge in [-0.25, -0.2) is 0 Å². The minimum atomic E-state index is -0.0561. The summed E-state index contributed by atoms with van der Waals surface area (Å²) >= 11 is 7.72. The lowest BCUT2D eigenvalue weighted by atomic mass is 9.90. The van der Waals surface area contributed by atoms with Gasteiger partial charge in [0.05, 0.1) is 4.91 Å². The highest BCUT2D eigenvalue weighted by Gasteiger charge is 2.41. The Balaban J connectivity index is 1.11. The van der Waals surface area contributed by atoms with Crippen LogP contribution in [0.4, 0.5) is 0 Å². The second-order valence-corrected chi connectivity index (χ2v) is 12.5. The van der Waals surface area contributed by atoms with Gasteiger partial charge in [-0.05, 0) is 80.4 Å². The number of benzene rings is 2. The zero-order valence-corrected chi connectivity index (χ0v) is 23.6. The van der Waals surface area contributed by atoms with Crippen molar-refractivity contribution in [2.75, 3.05) is 32.7 Å². The van der Waals surface area contributed by atoms with Crippen LogP contribution in [0.1, 0.15) is 49.7 Å². The Morgan fingerprint density at radius 1 is 1.00 bits per heavy atom. The Morgan fingerprint density at radius 2 is 1.74 bits per heavy atom. The van der Waals surface area contributed by atoms with Crippen molar-refractivity contribution in [2.24, 2.45) is 5.92 Å². The van der Waals surface area contributed by atoms with Gasteiger partial charge < -0.3 is 15.1 Å². The van der Waals surface area contributed by atoms with Crippen LogP contribution in [0.5, 0.6) is 0 Å². The van der Waals surface area contributed by atoms with Crippen LogP contribution in [0.2, 0.25) is 5.02 Å². The summed E-state index contributed by atoms with van der Waals surface area (Å²) in [5.74, 6) is 0.660. The molecule has 0 spiro atoms. The summed E-state index contributed by atoms with van der Waals surface area (Å²) < 4.78 is 0. The Hall–Kier alpha value is -2.28. The molecule has 0 radical (unpaired) electrons. The van der Waals surface area contributed by atoms with Crippen LogP contribution in [0, 0.1) is 5.92 Å². The minimum Gasteiger partial charge on any atom is -0.353 e. The first-order chi connectivity index (χ1) is 18.5. The summed E-state index contributed by atoms with van der Waals surface area (Å²) in [5.41, 5.74) is 2.38. The van der Waals surface area contributed by atoms with Gasteiger partial charge in [0.2, 0.25) is 5.91 Å². The number of amides is 2. The molecule has 2 aromatic carbocycles. The molecule has 2 heterocycles. The monoisotopic (exact) mass is 551 g/mol. The molecule has 2 aliphatic heterocycles. The number of fused-ring (bicyclic) bond motifs is 1. The van der Waals surface area contributed by atoms with Gasteiger partial charge in [-0.15, -0.1) is 11.8 Å². The maximum absolute atomic E-state index is 13.5. The molecule has 2 aromatic rings. The van der Waals surface area contributed by atoms with Gasteiger partial charge in [-0.1, -0.05) is 66.9 Å². The number of hydrogen-bond donors (Lipinski definition) is 1. The van der Waals surface area contributed by atoms with E-state index in [2.05, 4.69) is 40.5 Å². The Kier molecular flexibility index (Phi) is 9.47. The van der Waals surface area contributed by atoms with E-state index >= 15 is 0 Å². The number of halogens is 1. The highest BCUT2D eigenvalue weighted by molar-refractivity contribution is 8.04. The fourth-order valence-corrected chi connectivity index (χ4v) is 7.60. The van der Waals surface area contributed by atoms with Gasteiger partial charge >= 0.3 is 0 Å². The average molecular weight is 552 g/mol. The third kappa shape index (κ3) is 7.22. The van der Waals surface area contributed by atoms with E-state index in [1.165, 1.54) is 24.8 Å². The van der Waals surface area contributed by atoms with E-state index in [0.29, 0.717) is 16.8 Å². The van der Waals surface area contributed by atoms with Crippen LogP contribution in [0.3, 0.4) is 0 Å². The zero-order valence-electron chi connectivity index (χ0n) is 22.0. The van der Waals surface area contributed by atoms with Crippen LogP contribution in [0.25, 0.3) is 6.08 Å². The molecule has 2 atom stereocenters. The smallest absolute Gasteiger partial charge is 0.261 e. The summed E-state index contributed by atoms with van der Waals surface area (Å²) in [4.78, 5) is 31.5. The van der Waals surface area contributed by atoms with Crippen molar-refractivity contribution < 1.29 is 9.59 Å². The van der Waals surface area contributed by atoms with Crippen molar-refractivity contribution in [2.45, 2.75) is 56.2 Å². The van der Waals surface area contributed by atoms with E-state index in [-0.39, 0.29) is 24.4 Å². The van der Waals surface area contributed by atoms with E-state index in [1.807, 2.05) is 35.2 Å². The summed E-state index contributed by atoms with van der Waals surface area (Å²) in [5, 5.41) is 4.13. The highest BCUT2D eigenvalue weighted by atomic mass is 35.5. The summed E-state index contributed by atoms with van der Waals surface area (Å²) in [6.45, 7) is 3.79. The van der Waals surface area contributed by atoms with Crippen LogP contribution in [-0.2, 0) is 16.0 Å². The molecule has 0 bridgehead atoms. The fraction of sp³-hybridized carbons (Fsp3) is 0.484. The van der Waals surface area contributed by atoms with Crippen molar-refractivity contribution in [3.05, 3.63) is 75.7 Å². The van der Waals surface area contributed by atoms with E-state index in [4.69, 9.17) is 11.6 Å². The fourth-order valence-electron chi connectivity index (χ4n) is 6.00. The minimum absolute atomic E-state index is 0.0243. The molecule has 1 N–H and O–H groups in total. The zero-order chi connectivity index (χ0) is 26.3. The van der Waals surface area contributed by atoms with Crippen LogP contribution in [0.15, 0.2) is 59.5 Å². The van der Waals surface area contributed by atoms with Crippen LogP contribution < -0.4 is 5.32 Å². The number of carbonyl (C=O) groups excluding carboxylic acids is 2. The third-order valence-electron chi connectivity index (χ3n) is 8.12. The molecule has 0 aromatic heterocycles. The summed E-state index contributed by atoms with van der Waals surface area (Å²) in [6.07, 6.45) is 9.86. The molecule has 3 aliphatic rings. The normalized spacial score (nSPS) is 23.9. The maximum Gasteiger partial charge on any atom is 0.261 e. The van der Waals surface area contributed by atoms with Crippen molar-refractivity contribution >= 4 is 41.3 Å². The second-order valence-electron chi connectivity index (χ2n) is 10.8. The largest absolute Gasteiger partial charge is 0.353 e. The quantitative estimate of drug-likeness (QED) is 0.431. The molecule has 38 heavy (non-hydrogen) atoms. The summed E-state index contributed by atoms with van der Waals surface area (Å²) in [6, 6.07) is 18.4. The molecule has 7 heteroatoms. The van der Waals surface area contributed by atoms with Crippen molar-refractivity contribution in [1.82, 2.24) is 15.1 Å². The summed E-state index contributed by atoms with van der Waals surface area (Å²) in [7, 11) is 0. The van der Waals surface area contributed by atoms with Gasteiger partial charge in [0, 0.05) is 29.4 Å². The lowest BCUT2D eigenvalue weighted by Crippen LogP contribution is -2.54. The lowest BCUT2D eigenvalue weighted by Gasteiger charge is -2.43. The van der Waals surface area contributed by atoms with Gasteiger partial charge in [-0.2, -0.15) is 0 Å². The first-order valence-electron chi connectivity index (χ1n) is 14.0. The lowest BCUT2D eigenvalue weighted by molar-refractivity contribution is -0.135. The third-order valence-corrected chi connectivity index (χ3v) is 9.78. The SMILES string of the molecule is O=C(CN1C(=O)/C(=C/c2ccc(Cl)cc2)SC2CCCCC21)NCCN1CCC(Cc2ccccc2)CC1. The average Bonchev–Trinajstić information content (AvgIpc) is 2.94. The molecular formula is C31H38ClN3O2S. The van der Waals surface area contributed by atoms with Gasteiger partial charge in [0.15, 0.2) is 0 Å². The number of likely N-dealkylation sites (tertiary alicyclic amines) is 1. The Morgan fingerprint density at radius 3 is 2.50 bits per heavy atom. The topological polar surface area (TPSA) is 52.7 Å². The Labute approximate surface area is 236 Å². The van der Waals surface area contributed by atoms with Crippen LogP contribution >= 0.6 is 23.4 Å². The van der Waals surface area contributed by atoms with E-state index in [0.717, 1.165) is 61.7 Å². The number of carbonyl (C=O) groups is 2. The molecule has 5 rings (SSSR count). The molecule has 2 amide bonds. The number of piperidine rings is 1. The molecule has 2 unspecified atom stereocenters. The number of nitrogens with one attached hydrogen (secondary N) is 1. The first kappa shape index (κ1) is 27.3. The molecule has 5 nitrogen and oxygen atoms in total. The molecule has 202 valence electrons. The van der Waals surface area contributed by atoms with Crippen molar-refractivity contribution in [1.29, 1.82) is 0 Å². The van der Waals surface area contributed by atoms with E-state index in [1.54, 1.807) is 11.8 Å². The number of rotatable bonds is 8. The van der Waals surface area contributed by atoms with Crippen LogP contribution in [-0.4, -0.2) is 65.6 Å². The first-order valence-corrected chi connectivity index (χ1v) is 15.3. The van der Waals surface area contributed by atoms with E-state index < -0.39 is 0 Å². The molecular weight excluding hydrogens is 514 g/mol. The highest BCUT2D eigenvalue weighted by Crippen LogP contribution is 2.42. The number of nitrogens with zero attached hydrogens (tertiary/aromatic N) is 2. The number of hydrogen-bond acceptors (Lipinski definition) is 4. The second kappa shape index (κ2) is 13.2. The van der Waals surface area contributed by atoms with Crippen molar-refractivity contribution in [3.63, 3.8) is 0 Å². The predicted octanol–water partition coefficient (Wildman–Crippen LogP) is 5.64. The molecule has 1 aliphatic carbocycles. The standard InChI is InChI=1S/C31H38ClN3O2S/c32-26-12-10-24(11-13-26)21-29-31(37)35(27-8-4-5-9-28(27)38-29)22-30(36)33-16-19-34-17-14-25(15-18-34)20-23-6-2-1-3-7-23/h1-3,6-7,10-13,21,25,27-28H,4-5,8-9,14-20,22H2,(H,33,36)/b29-21-. The van der Waals surface area contributed by atoms with Crippen molar-refractivity contribution in [3.8, 4) is 0 Å². The predicted molar refractivity (Wildman–Crippen MR) is 157 cm³/mol.